The Morgan fingerprint density at radius 2 is 1.78 bits per heavy atom. The van der Waals surface area contributed by atoms with Gasteiger partial charge in [0.1, 0.15) is 11.8 Å². The molecular formula is C19H30N4O4. The van der Waals surface area contributed by atoms with Gasteiger partial charge in [-0.3, -0.25) is 9.59 Å². The van der Waals surface area contributed by atoms with Crippen molar-refractivity contribution in [3.8, 4) is 5.75 Å². The molecule has 0 spiro atoms. The molecule has 1 rings (SSSR count). The molecule has 150 valence electrons. The number of carbonyl (C=O) groups excluding carboxylic acids is 3. The number of amides is 4. The molecule has 8 heteroatoms. The quantitative estimate of drug-likeness (QED) is 0.579. The Morgan fingerprint density at radius 3 is 2.33 bits per heavy atom. The third kappa shape index (κ3) is 8.44. The highest BCUT2D eigenvalue weighted by atomic mass is 16.5. The summed E-state index contributed by atoms with van der Waals surface area (Å²) in [5, 5.41) is 8.13. The summed E-state index contributed by atoms with van der Waals surface area (Å²) in [7, 11) is 3.32. The zero-order valence-corrected chi connectivity index (χ0v) is 16.5. The first-order valence-electron chi connectivity index (χ1n) is 9.15. The summed E-state index contributed by atoms with van der Waals surface area (Å²) in [4.78, 5) is 37.2. The van der Waals surface area contributed by atoms with Crippen molar-refractivity contribution < 1.29 is 19.1 Å². The van der Waals surface area contributed by atoms with Gasteiger partial charge in [-0.1, -0.05) is 19.8 Å². The van der Waals surface area contributed by atoms with Crippen molar-refractivity contribution in [3.05, 3.63) is 24.3 Å². The van der Waals surface area contributed by atoms with Gasteiger partial charge < -0.3 is 25.6 Å². The molecule has 0 aromatic heterocycles. The number of urea groups is 1. The highest BCUT2D eigenvalue weighted by Gasteiger charge is 2.20. The molecule has 0 saturated heterocycles. The van der Waals surface area contributed by atoms with Gasteiger partial charge in [-0.2, -0.15) is 0 Å². The van der Waals surface area contributed by atoms with Gasteiger partial charge in [0.05, 0.1) is 0 Å². The number of hydrogen-bond donors (Lipinski definition) is 3. The standard InChI is InChI=1S/C19H30N4O4/c1-5-7-8-16(22-19(26)20-6-2)18(25)21-14-9-11-15(12-10-14)27-13-17(24)23(3)4/h9-12,16H,5-8,13H2,1-4H3,(H,21,25)(H2,20,22,26). The first-order valence-corrected chi connectivity index (χ1v) is 9.15. The first-order chi connectivity index (χ1) is 12.9. The molecule has 0 heterocycles. The maximum absolute atomic E-state index is 12.5. The van der Waals surface area contributed by atoms with Crippen LogP contribution in [0.15, 0.2) is 24.3 Å². The number of hydrogen-bond acceptors (Lipinski definition) is 4. The SMILES string of the molecule is CCCCC(NC(=O)NCC)C(=O)Nc1ccc(OCC(=O)N(C)C)cc1. The lowest BCUT2D eigenvalue weighted by Gasteiger charge is -2.18. The summed E-state index contributed by atoms with van der Waals surface area (Å²) in [6, 6.07) is 5.77. The Labute approximate surface area is 160 Å². The number of rotatable bonds is 10. The van der Waals surface area contributed by atoms with Crippen molar-refractivity contribution in [3.63, 3.8) is 0 Å². The second-order valence-electron chi connectivity index (χ2n) is 6.29. The molecule has 0 saturated carbocycles. The van der Waals surface area contributed by atoms with Crippen LogP contribution in [0.25, 0.3) is 0 Å². The Bertz CT molecular complexity index is 617. The molecule has 1 atom stereocenters. The van der Waals surface area contributed by atoms with Crippen molar-refractivity contribution in [1.82, 2.24) is 15.5 Å². The smallest absolute Gasteiger partial charge is 0.315 e. The molecule has 1 unspecified atom stereocenters. The van der Waals surface area contributed by atoms with Crippen LogP contribution in [0.5, 0.6) is 5.75 Å². The third-order valence-corrected chi connectivity index (χ3v) is 3.79. The van der Waals surface area contributed by atoms with Crippen LogP contribution in [0.3, 0.4) is 0 Å². The minimum atomic E-state index is -0.606. The number of ether oxygens (including phenoxy) is 1. The van der Waals surface area contributed by atoms with Gasteiger partial charge in [-0.15, -0.1) is 0 Å². The van der Waals surface area contributed by atoms with Gasteiger partial charge in [-0.25, -0.2) is 4.79 Å². The summed E-state index contributed by atoms with van der Waals surface area (Å²) in [5.74, 6) is 0.125. The van der Waals surface area contributed by atoms with Crippen LogP contribution in [0, 0.1) is 0 Å². The minimum Gasteiger partial charge on any atom is -0.484 e. The second-order valence-corrected chi connectivity index (χ2v) is 6.29. The monoisotopic (exact) mass is 378 g/mol. The molecule has 1 aromatic carbocycles. The van der Waals surface area contributed by atoms with Crippen LogP contribution in [0.2, 0.25) is 0 Å². The van der Waals surface area contributed by atoms with E-state index >= 15 is 0 Å². The number of nitrogens with zero attached hydrogens (tertiary/aromatic N) is 1. The summed E-state index contributed by atoms with van der Waals surface area (Å²) in [6.07, 6.45) is 2.32. The minimum absolute atomic E-state index is 0.0474. The molecular weight excluding hydrogens is 348 g/mol. The van der Waals surface area contributed by atoms with Crippen LogP contribution in [-0.4, -0.2) is 56.0 Å². The molecule has 3 N–H and O–H groups in total. The molecule has 0 aliphatic rings. The molecule has 8 nitrogen and oxygen atoms in total. The van der Waals surface area contributed by atoms with E-state index in [4.69, 9.17) is 4.74 Å². The Hall–Kier alpha value is -2.77. The van der Waals surface area contributed by atoms with Gasteiger partial charge in [0, 0.05) is 26.3 Å². The molecule has 0 bridgehead atoms. The average Bonchev–Trinajstić information content (AvgIpc) is 2.64. The Kier molecular flexibility index (Phi) is 9.71. The maximum atomic E-state index is 12.5. The van der Waals surface area contributed by atoms with Crippen molar-refractivity contribution in [2.75, 3.05) is 32.6 Å². The normalized spacial score (nSPS) is 11.3. The Balaban J connectivity index is 2.63. The molecule has 0 aliphatic heterocycles. The lowest BCUT2D eigenvalue weighted by Crippen LogP contribution is -2.47. The maximum Gasteiger partial charge on any atom is 0.315 e. The van der Waals surface area contributed by atoms with E-state index in [1.807, 2.05) is 13.8 Å². The highest BCUT2D eigenvalue weighted by Crippen LogP contribution is 2.16. The van der Waals surface area contributed by atoms with Crippen LogP contribution >= 0.6 is 0 Å². The van der Waals surface area contributed by atoms with Crippen molar-refractivity contribution >= 4 is 23.5 Å². The predicted molar refractivity (Wildman–Crippen MR) is 105 cm³/mol. The molecule has 0 fully saturated rings. The van der Waals surface area contributed by atoms with Crippen LogP contribution in [0.4, 0.5) is 10.5 Å². The van der Waals surface area contributed by atoms with Gasteiger partial charge in [-0.05, 0) is 37.6 Å². The van der Waals surface area contributed by atoms with Gasteiger partial charge >= 0.3 is 6.03 Å². The molecule has 27 heavy (non-hydrogen) atoms. The number of unbranched alkanes of at least 4 members (excludes halogenated alkanes) is 1. The van der Waals surface area contributed by atoms with Gasteiger partial charge in [0.25, 0.3) is 5.91 Å². The predicted octanol–water partition coefficient (Wildman–Crippen LogP) is 1.97. The number of anilines is 1. The molecule has 1 aromatic rings. The van der Waals surface area contributed by atoms with Crippen LogP contribution in [-0.2, 0) is 9.59 Å². The molecule has 0 radical (unpaired) electrons. The summed E-state index contributed by atoms with van der Waals surface area (Å²) >= 11 is 0. The van der Waals surface area contributed by atoms with Crippen LogP contribution in [0.1, 0.15) is 33.1 Å². The van der Waals surface area contributed by atoms with E-state index in [2.05, 4.69) is 16.0 Å². The number of benzene rings is 1. The third-order valence-electron chi connectivity index (χ3n) is 3.79. The van der Waals surface area contributed by atoms with E-state index in [0.29, 0.717) is 24.4 Å². The molecule has 4 amide bonds. The van der Waals surface area contributed by atoms with Crippen molar-refractivity contribution in [2.24, 2.45) is 0 Å². The number of carbonyl (C=O) groups is 3. The summed E-state index contributed by atoms with van der Waals surface area (Å²) < 4.78 is 5.40. The fourth-order valence-corrected chi connectivity index (χ4v) is 2.18. The van der Waals surface area contributed by atoms with Crippen molar-refractivity contribution in [1.29, 1.82) is 0 Å². The van der Waals surface area contributed by atoms with Crippen LogP contribution < -0.4 is 20.7 Å². The van der Waals surface area contributed by atoms with E-state index in [-0.39, 0.29) is 24.5 Å². The first kappa shape index (κ1) is 22.3. The Morgan fingerprint density at radius 1 is 1.11 bits per heavy atom. The van der Waals surface area contributed by atoms with E-state index in [9.17, 15) is 14.4 Å². The van der Waals surface area contributed by atoms with Gasteiger partial charge in [0.2, 0.25) is 5.91 Å². The average molecular weight is 378 g/mol. The summed E-state index contributed by atoms with van der Waals surface area (Å²) in [5.41, 5.74) is 0.588. The zero-order chi connectivity index (χ0) is 20.2. The molecule has 0 aliphatic carbocycles. The fraction of sp³-hybridized carbons (Fsp3) is 0.526. The van der Waals surface area contributed by atoms with E-state index in [1.165, 1.54) is 4.90 Å². The highest BCUT2D eigenvalue weighted by molar-refractivity contribution is 5.97. The number of nitrogens with one attached hydrogen (secondary N) is 3. The van der Waals surface area contributed by atoms with Gasteiger partial charge in [0.15, 0.2) is 6.61 Å². The second kappa shape index (κ2) is 11.8. The van der Waals surface area contributed by atoms with Crippen molar-refractivity contribution in [2.45, 2.75) is 39.2 Å². The zero-order valence-electron chi connectivity index (χ0n) is 16.5. The van der Waals surface area contributed by atoms with E-state index in [1.54, 1.807) is 38.4 Å². The summed E-state index contributed by atoms with van der Waals surface area (Å²) in [6.45, 7) is 4.29. The number of likely N-dealkylation sites (N-methyl/N-ethyl adjacent to an activating group) is 1. The lowest BCUT2D eigenvalue weighted by atomic mass is 10.1. The lowest BCUT2D eigenvalue weighted by molar-refractivity contribution is -0.130. The van der Waals surface area contributed by atoms with E-state index < -0.39 is 6.04 Å². The largest absolute Gasteiger partial charge is 0.484 e. The topological polar surface area (TPSA) is 99.8 Å². The van der Waals surface area contributed by atoms with E-state index in [0.717, 1.165) is 12.8 Å². The fourth-order valence-electron chi connectivity index (χ4n) is 2.18.